The average molecular weight is 343 g/mol. The van der Waals surface area contributed by atoms with Crippen LogP contribution in [0.1, 0.15) is 11.7 Å². The van der Waals surface area contributed by atoms with Gasteiger partial charge in [0.2, 0.25) is 0 Å². The van der Waals surface area contributed by atoms with Gasteiger partial charge in [-0.3, -0.25) is 4.79 Å². The van der Waals surface area contributed by atoms with E-state index in [1.165, 1.54) is 5.32 Å². The molecule has 10 heteroatoms. The molecule has 0 aromatic heterocycles. The van der Waals surface area contributed by atoms with Crippen LogP contribution >= 0.6 is 0 Å². The molecular formula is C12H13F4NO4S. The molecule has 1 amide bonds. The van der Waals surface area contributed by atoms with Crippen molar-refractivity contribution in [2.75, 3.05) is 12.9 Å². The van der Waals surface area contributed by atoms with Crippen LogP contribution in [0.3, 0.4) is 0 Å². The predicted molar refractivity (Wildman–Crippen MR) is 68.5 cm³/mol. The maximum atomic E-state index is 12.8. The molecule has 124 valence electrons. The number of nitrogens with one attached hydrogen (secondary N) is 1. The van der Waals surface area contributed by atoms with Crippen molar-refractivity contribution in [2.24, 2.45) is 0 Å². The Kier molecular flexibility index (Phi) is 5.52. The number of sulfone groups is 1. The standard InChI is InChI=1S/C12H13F4NO4S/c1-22(20,21)8-4-2-7(3-5-8)10(18)9(6-13)17-11(19)12(14,15)16/h2-5,9-10,18H,6H2,1H3,(H,17,19). The van der Waals surface area contributed by atoms with E-state index in [-0.39, 0.29) is 10.5 Å². The second kappa shape index (κ2) is 6.61. The molecule has 0 aliphatic heterocycles. The highest BCUT2D eigenvalue weighted by molar-refractivity contribution is 7.90. The van der Waals surface area contributed by atoms with E-state index in [0.29, 0.717) is 0 Å². The van der Waals surface area contributed by atoms with Crippen LogP contribution in [0.5, 0.6) is 0 Å². The van der Waals surface area contributed by atoms with Crippen LogP contribution in [-0.2, 0) is 14.6 Å². The lowest BCUT2D eigenvalue weighted by atomic mass is 10.0. The van der Waals surface area contributed by atoms with E-state index >= 15 is 0 Å². The monoisotopic (exact) mass is 343 g/mol. The number of carbonyl (C=O) groups is 1. The van der Waals surface area contributed by atoms with E-state index in [2.05, 4.69) is 0 Å². The fourth-order valence-corrected chi connectivity index (χ4v) is 2.23. The summed E-state index contributed by atoms with van der Waals surface area (Å²) >= 11 is 0. The number of alkyl halides is 4. The smallest absolute Gasteiger partial charge is 0.386 e. The summed E-state index contributed by atoms with van der Waals surface area (Å²) < 4.78 is 71.6. The van der Waals surface area contributed by atoms with E-state index in [1.54, 1.807) is 0 Å². The van der Waals surface area contributed by atoms with Crippen LogP contribution in [0.2, 0.25) is 0 Å². The normalized spacial score (nSPS) is 15.2. The molecule has 1 aromatic rings. The van der Waals surface area contributed by atoms with Gasteiger partial charge in [-0.2, -0.15) is 13.2 Å². The molecule has 0 saturated carbocycles. The van der Waals surface area contributed by atoms with Crippen molar-refractivity contribution in [1.29, 1.82) is 0 Å². The first-order valence-corrected chi connectivity index (χ1v) is 7.77. The first kappa shape index (κ1) is 18.4. The maximum absolute atomic E-state index is 12.8. The minimum Gasteiger partial charge on any atom is -0.386 e. The zero-order valence-corrected chi connectivity index (χ0v) is 12.1. The summed E-state index contributed by atoms with van der Waals surface area (Å²) in [6.07, 6.45) is -6.01. The molecule has 1 rings (SSSR count). The molecule has 0 heterocycles. The molecule has 0 fully saturated rings. The van der Waals surface area contributed by atoms with Crippen molar-refractivity contribution in [3.8, 4) is 0 Å². The second-order valence-corrected chi connectivity index (χ2v) is 6.53. The molecule has 0 aliphatic carbocycles. The van der Waals surface area contributed by atoms with Gasteiger partial charge in [-0.1, -0.05) is 12.1 Å². The number of rotatable bonds is 5. The molecule has 2 unspecified atom stereocenters. The van der Waals surface area contributed by atoms with E-state index < -0.39 is 40.7 Å². The van der Waals surface area contributed by atoms with Gasteiger partial charge in [0, 0.05) is 6.26 Å². The first-order chi connectivity index (χ1) is 9.96. The molecule has 0 radical (unpaired) electrons. The zero-order chi connectivity index (χ0) is 17.1. The van der Waals surface area contributed by atoms with Gasteiger partial charge < -0.3 is 10.4 Å². The van der Waals surface area contributed by atoms with E-state index in [9.17, 15) is 35.9 Å². The van der Waals surface area contributed by atoms with Crippen LogP contribution in [0, 0.1) is 0 Å². The number of amides is 1. The number of hydrogen-bond donors (Lipinski definition) is 2. The number of aliphatic hydroxyl groups is 1. The van der Waals surface area contributed by atoms with E-state index in [4.69, 9.17) is 0 Å². The highest BCUT2D eigenvalue weighted by atomic mass is 32.2. The Morgan fingerprint density at radius 2 is 1.77 bits per heavy atom. The third-order valence-corrected chi connectivity index (χ3v) is 3.90. The molecule has 1 aromatic carbocycles. The fourth-order valence-electron chi connectivity index (χ4n) is 1.60. The topological polar surface area (TPSA) is 83.5 Å². The van der Waals surface area contributed by atoms with Gasteiger partial charge in [0.05, 0.1) is 10.9 Å². The van der Waals surface area contributed by atoms with Gasteiger partial charge in [0.25, 0.3) is 0 Å². The highest BCUT2D eigenvalue weighted by Crippen LogP contribution is 2.21. The minimum absolute atomic E-state index is 0.0301. The number of benzene rings is 1. The van der Waals surface area contributed by atoms with Crippen molar-refractivity contribution in [3.63, 3.8) is 0 Å². The summed E-state index contributed by atoms with van der Waals surface area (Å²) in [5.41, 5.74) is -0.0301. The highest BCUT2D eigenvalue weighted by Gasteiger charge is 2.40. The van der Waals surface area contributed by atoms with Gasteiger partial charge in [-0.15, -0.1) is 0 Å². The number of aliphatic hydroxyl groups excluding tert-OH is 1. The lowest BCUT2D eigenvalue weighted by Crippen LogP contribution is -2.46. The molecule has 22 heavy (non-hydrogen) atoms. The summed E-state index contributed by atoms with van der Waals surface area (Å²) in [4.78, 5) is 10.7. The van der Waals surface area contributed by atoms with Crippen LogP contribution in [0.15, 0.2) is 29.2 Å². The largest absolute Gasteiger partial charge is 0.471 e. The molecule has 2 N–H and O–H groups in total. The zero-order valence-electron chi connectivity index (χ0n) is 11.3. The Hall–Kier alpha value is -1.68. The Balaban J connectivity index is 2.93. The van der Waals surface area contributed by atoms with E-state index in [1.807, 2.05) is 0 Å². The van der Waals surface area contributed by atoms with Crippen molar-refractivity contribution in [3.05, 3.63) is 29.8 Å². The van der Waals surface area contributed by atoms with Gasteiger partial charge >= 0.3 is 12.1 Å². The third-order valence-electron chi connectivity index (χ3n) is 2.77. The molecule has 0 bridgehead atoms. The lowest BCUT2D eigenvalue weighted by molar-refractivity contribution is -0.175. The van der Waals surface area contributed by atoms with Crippen molar-refractivity contribution in [2.45, 2.75) is 23.2 Å². The number of carbonyl (C=O) groups excluding carboxylic acids is 1. The summed E-state index contributed by atoms with van der Waals surface area (Å²) in [6, 6.07) is 2.69. The SMILES string of the molecule is CS(=O)(=O)c1ccc(C(O)C(CF)NC(=O)C(F)(F)F)cc1. The van der Waals surface area contributed by atoms with Crippen molar-refractivity contribution < 1.29 is 35.9 Å². The minimum atomic E-state index is -5.20. The van der Waals surface area contributed by atoms with E-state index in [0.717, 1.165) is 30.5 Å². The van der Waals surface area contributed by atoms with Crippen LogP contribution < -0.4 is 5.32 Å². The van der Waals surface area contributed by atoms with Gasteiger partial charge in [0.1, 0.15) is 12.8 Å². The summed E-state index contributed by atoms with van der Waals surface area (Å²) in [7, 11) is -3.48. The Labute approximate surface area is 123 Å². The molecule has 0 aliphatic rings. The first-order valence-electron chi connectivity index (χ1n) is 5.88. The molecule has 5 nitrogen and oxygen atoms in total. The van der Waals surface area contributed by atoms with Gasteiger partial charge in [0.15, 0.2) is 9.84 Å². The quantitative estimate of drug-likeness (QED) is 0.786. The summed E-state index contributed by atoms with van der Waals surface area (Å²) in [5.74, 6) is -2.37. The van der Waals surface area contributed by atoms with Crippen molar-refractivity contribution >= 4 is 15.7 Å². The second-order valence-electron chi connectivity index (χ2n) is 4.52. The Morgan fingerprint density at radius 3 is 2.14 bits per heavy atom. The molecule has 2 atom stereocenters. The fraction of sp³-hybridized carbons (Fsp3) is 0.417. The Bertz CT molecular complexity index is 628. The number of hydrogen-bond acceptors (Lipinski definition) is 4. The predicted octanol–water partition coefficient (Wildman–Crippen LogP) is 1.14. The Morgan fingerprint density at radius 1 is 1.27 bits per heavy atom. The lowest BCUT2D eigenvalue weighted by Gasteiger charge is -2.22. The summed E-state index contributed by atoms with van der Waals surface area (Å²) in [5, 5.41) is 11.2. The molecular weight excluding hydrogens is 330 g/mol. The van der Waals surface area contributed by atoms with Crippen LogP contribution in [0.4, 0.5) is 17.6 Å². The maximum Gasteiger partial charge on any atom is 0.471 e. The number of halogens is 4. The van der Waals surface area contributed by atoms with Gasteiger partial charge in [-0.05, 0) is 17.7 Å². The van der Waals surface area contributed by atoms with Crippen LogP contribution in [-0.4, -0.2) is 44.6 Å². The average Bonchev–Trinajstić information content (AvgIpc) is 2.41. The summed E-state index contributed by atoms with van der Waals surface area (Å²) in [6.45, 7) is -1.43. The molecule has 0 spiro atoms. The molecule has 0 saturated heterocycles. The third kappa shape index (κ3) is 4.67. The van der Waals surface area contributed by atoms with Crippen LogP contribution in [0.25, 0.3) is 0 Å². The van der Waals surface area contributed by atoms with Crippen molar-refractivity contribution in [1.82, 2.24) is 5.32 Å². The van der Waals surface area contributed by atoms with Gasteiger partial charge in [-0.25, -0.2) is 12.8 Å².